The van der Waals surface area contributed by atoms with Crippen LogP contribution in [0.5, 0.6) is 0 Å². The molecule has 3 rings (SSSR count). The van der Waals surface area contributed by atoms with Gasteiger partial charge in [-0.2, -0.15) is 0 Å². The molecule has 2 heterocycles. The number of amides is 4. The molecule has 4 amide bonds. The van der Waals surface area contributed by atoms with Gasteiger partial charge in [0.1, 0.15) is 0 Å². The molecule has 0 saturated carbocycles. The Hall–Kier alpha value is -2.70. The van der Waals surface area contributed by atoms with Crippen LogP contribution in [0.1, 0.15) is 20.7 Å². The number of hydrogen-bond acceptors (Lipinski definition) is 4. The molecule has 0 N–H and O–H groups in total. The molecule has 2 aliphatic heterocycles. The molecule has 0 aromatic heterocycles. The van der Waals surface area contributed by atoms with E-state index in [0.717, 1.165) is 4.90 Å². The fraction of sp³-hybridized carbons (Fsp3) is 0.333. The van der Waals surface area contributed by atoms with Gasteiger partial charge in [-0.05, 0) is 12.1 Å². The number of rotatable bonds is 3. The summed E-state index contributed by atoms with van der Waals surface area (Å²) in [6, 6.07) is 6.63. The van der Waals surface area contributed by atoms with Crippen LogP contribution in [0, 0.1) is 0 Å². The maximum atomic E-state index is 12.2. The van der Waals surface area contributed by atoms with Crippen LogP contribution in [0.25, 0.3) is 0 Å². The van der Waals surface area contributed by atoms with Gasteiger partial charge in [0.2, 0.25) is 11.8 Å². The van der Waals surface area contributed by atoms with Crippen molar-refractivity contribution in [3.05, 3.63) is 35.4 Å². The highest BCUT2D eigenvalue weighted by Crippen LogP contribution is 2.22. The van der Waals surface area contributed by atoms with Crippen LogP contribution in [0.15, 0.2) is 24.3 Å². The first-order chi connectivity index (χ1) is 10.5. The van der Waals surface area contributed by atoms with Crippen LogP contribution in [-0.4, -0.2) is 71.6 Å². The molecule has 0 bridgehead atoms. The summed E-state index contributed by atoms with van der Waals surface area (Å²) >= 11 is 0. The Morgan fingerprint density at radius 3 is 2.05 bits per heavy atom. The van der Waals surface area contributed by atoms with Gasteiger partial charge in [0, 0.05) is 20.1 Å². The van der Waals surface area contributed by atoms with Gasteiger partial charge in [-0.1, -0.05) is 12.1 Å². The predicted molar refractivity (Wildman–Crippen MR) is 76.0 cm³/mol. The summed E-state index contributed by atoms with van der Waals surface area (Å²) in [5.74, 6) is -1.04. The number of piperazine rings is 1. The summed E-state index contributed by atoms with van der Waals surface area (Å²) in [4.78, 5) is 51.8. The van der Waals surface area contributed by atoms with E-state index in [1.54, 1.807) is 31.3 Å². The lowest BCUT2D eigenvalue weighted by Crippen LogP contribution is -2.54. The van der Waals surface area contributed by atoms with E-state index in [0.29, 0.717) is 11.1 Å². The van der Waals surface area contributed by atoms with E-state index < -0.39 is 0 Å². The van der Waals surface area contributed by atoms with Gasteiger partial charge in [0.25, 0.3) is 11.8 Å². The number of nitrogens with zero attached hydrogens (tertiary/aromatic N) is 3. The van der Waals surface area contributed by atoms with Crippen molar-refractivity contribution < 1.29 is 19.2 Å². The number of carbonyl (C=O) groups is 4. The van der Waals surface area contributed by atoms with Gasteiger partial charge in [-0.15, -0.1) is 0 Å². The second-order valence-electron chi connectivity index (χ2n) is 5.37. The minimum Gasteiger partial charge on any atom is -0.335 e. The molecule has 1 fully saturated rings. The van der Waals surface area contributed by atoms with Crippen LogP contribution in [0.3, 0.4) is 0 Å². The highest BCUT2D eigenvalue weighted by atomic mass is 16.2. The molecule has 0 unspecified atom stereocenters. The fourth-order valence-corrected chi connectivity index (χ4v) is 2.63. The highest BCUT2D eigenvalue weighted by molar-refractivity contribution is 6.21. The van der Waals surface area contributed by atoms with Crippen molar-refractivity contribution >= 4 is 23.6 Å². The first kappa shape index (κ1) is 14.2. The minimum atomic E-state index is -0.353. The van der Waals surface area contributed by atoms with Crippen LogP contribution in [0.2, 0.25) is 0 Å². The summed E-state index contributed by atoms with van der Waals surface area (Å²) in [7, 11) is 1.57. The third-order valence-corrected chi connectivity index (χ3v) is 3.95. The lowest BCUT2D eigenvalue weighted by Gasteiger charge is -2.32. The third kappa shape index (κ3) is 2.24. The lowest BCUT2D eigenvalue weighted by atomic mass is 10.1. The quantitative estimate of drug-likeness (QED) is 0.711. The number of fused-ring (bicyclic) bond motifs is 1. The molecule has 1 aromatic rings. The number of hydrogen-bond donors (Lipinski definition) is 0. The second kappa shape index (κ2) is 5.25. The molecule has 0 spiro atoms. The SMILES string of the molecule is CN1CC(=O)N(CCN2C(=O)c3ccccc3C2=O)CC1=O. The molecular formula is C15H15N3O4. The molecule has 2 aliphatic rings. The Bertz CT molecular complexity index is 650. The summed E-state index contributed by atoms with van der Waals surface area (Å²) in [6.45, 7) is 0.276. The molecule has 0 aliphatic carbocycles. The topological polar surface area (TPSA) is 78.0 Å². The maximum absolute atomic E-state index is 12.2. The van der Waals surface area contributed by atoms with E-state index in [-0.39, 0.29) is 49.8 Å². The Morgan fingerprint density at radius 1 is 0.864 bits per heavy atom. The summed E-state index contributed by atoms with van der Waals surface area (Å²) in [5, 5.41) is 0. The van der Waals surface area contributed by atoms with Gasteiger partial charge >= 0.3 is 0 Å². The Labute approximate surface area is 127 Å². The molecule has 0 atom stereocenters. The molecule has 1 aromatic carbocycles. The Kier molecular flexibility index (Phi) is 3.40. The molecule has 114 valence electrons. The maximum Gasteiger partial charge on any atom is 0.261 e. The second-order valence-corrected chi connectivity index (χ2v) is 5.37. The standard InChI is InChI=1S/C15H15N3O4/c1-16-8-13(20)17(9-12(16)19)6-7-18-14(21)10-4-2-3-5-11(10)15(18)22/h2-5H,6-9H2,1H3. The van der Waals surface area contributed by atoms with Crippen molar-refractivity contribution in [3.8, 4) is 0 Å². The number of benzene rings is 1. The van der Waals surface area contributed by atoms with Crippen LogP contribution >= 0.6 is 0 Å². The van der Waals surface area contributed by atoms with E-state index in [9.17, 15) is 19.2 Å². The van der Waals surface area contributed by atoms with E-state index in [1.165, 1.54) is 9.80 Å². The lowest BCUT2D eigenvalue weighted by molar-refractivity contribution is -0.148. The van der Waals surface area contributed by atoms with Gasteiger partial charge in [-0.3, -0.25) is 24.1 Å². The molecule has 1 saturated heterocycles. The first-order valence-corrected chi connectivity index (χ1v) is 6.96. The zero-order valence-electron chi connectivity index (χ0n) is 12.1. The smallest absolute Gasteiger partial charge is 0.261 e. The largest absolute Gasteiger partial charge is 0.335 e. The van der Waals surface area contributed by atoms with Crippen LogP contribution in [-0.2, 0) is 9.59 Å². The van der Waals surface area contributed by atoms with Gasteiger partial charge < -0.3 is 9.80 Å². The van der Waals surface area contributed by atoms with Crippen molar-refractivity contribution in [3.63, 3.8) is 0 Å². The predicted octanol–water partition coefficient (Wildman–Crippen LogP) is -0.417. The van der Waals surface area contributed by atoms with Gasteiger partial charge in [0.05, 0.1) is 24.2 Å². The van der Waals surface area contributed by atoms with E-state index in [1.807, 2.05) is 0 Å². The summed E-state index contributed by atoms with van der Waals surface area (Å²) < 4.78 is 0. The number of carbonyl (C=O) groups excluding carboxylic acids is 4. The molecule has 7 nitrogen and oxygen atoms in total. The zero-order valence-corrected chi connectivity index (χ0v) is 12.1. The molecule has 22 heavy (non-hydrogen) atoms. The van der Waals surface area contributed by atoms with E-state index in [2.05, 4.69) is 0 Å². The van der Waals surface area contributed by atoms with Gasteiger partial charge in [-0.25, -0.2) is 0 Å². The molecule has 0 radical (unpaired) electrons. The van der Waals surface area contributed by atoms with Crippen LogP contribution < -0.4 is 0 Å². The average molecular weight is 301 g/mol. The van der Waals surface area contributed by atoms with Crippen molar-refractivity contribution in [1.82, 2.24) is 14.7 Å². The normalized spacial score (nSPS) is 18.3. The summed E-state index contributed by atoms with van der Waals surface area (Å²) in [5.41, 5.74) is 0.765. The average Bonchev–Trinajstić information content (AvgIpc) is 2.74. The third-order valence-electron chi connectivity index (χ3n) is 3.95. The number of likely N-dealkylation sites (N-methyl/N-ethyl adjacent to an activating group) is 1. The molecule has 7 heteroatoms. The first-order valence-electron chi connectivity index (χ1n) is 6.96. The minimum absolute atomic E-state index is 0.0154. The number of imide groups is 1. The zero-order chi connectivity index (χ0) is 15.9. The highest BCUT2D eigenvalue weighted by Gasteiger charge is 2.36. The van der Waals surface area contributed by atoms with Crippen LogP contribution in [0.4, 0.5) is 0 Å². The Morgan fingerprint density at radius 2 is 1.45 bits per heavy atom. The van der Waals surface area contributed by atoms with Crippen molar-refractivity contribution in [2.24, 2.45) is 0 Å². The monoisotopic (exact) mass is 301 g/mol. The van der Waals surface area contributed by atoms with Gasteiger partial charge in [0.15, 0.2) is 0 Å². The fourth-order valence-electron chi connectivity index (χ4n) is 2.63. The van der Waals surface area contributed by atoms with Crippen molar-refractivity contribution in [1.29, 1.82) is 0 Å². The van der Waals surface area contributed by atoms with Crippen molar-refractivity contribution in [2.75, 3.05) is 33.2 Å². The van der Waals surface area contributed by atoms with E-state index >= 15 is 0 Å². The van der Waals surface area contributed by atoms with E-state index in [4.69, 9.17) is 0 Å². The Balaban J connectivity index is 1.68. The van der Waals surface area contributed by atoms with Crippen molar-refractivity contribution in [2.45, 2.75) is 0 Å². The summed E-state index contributed by atoms with van der Waals surface area (Å²) in [6.07, 6.45) is 0. The molecular weight excluding hydrogens is 286 g/mol.